The molecule has 2 fully saturated rings. The molecule has 2 saturated carbocycles. The van der Waals surface area contributed by atoms with Gasteiger partial charge in [0.2, 0.25) is 0 Å². The maximum absolute atomic E-state index is 12.6. The molecule has 2 aliphatic rings. The second-order valence-electron chi connectivity index (χ2n) is 4.71. The number of aromatic nitrogens is 1. The summed E-state index contributed by atoms with van der Waals surface area (Å²) in [7, 11) is 0. The van der Waals surface area contributed by atoms with Crippen LogP contribution in [0.3, 0.4) is 0 Å². The molecule has 1 heterocycles. The number of hydrogen-bond donors (Lipinski definition) is 2. The van der Waals surface area contributed by atoms with Crippen molar-refractivity contribution in [3.63, 3.8) is 0 Å². The normalized spacial score (nSPS) is 25.3. The van der Waals surface area contributed by atoms with E-state index >= 15 is 0 Å². The van der Waals surface area contributed by atoms with Gasteiger partial charge in [-0.1, -0.05) is 0 Å². The second-order valence-corrected chi connectivity index (χ2v) is 4.71. The van der Waals surface area contributed by atoms with Gasteiger partial charge in [-0.3, -0.25) is 4.79 Å². The summed E-state index contributed by atoms with van der Waals surface area (Å²) in [6, 6.07) is 1.22. The van der Waals surface area contributed by atoms with E-state index in [2.05, 4.69) is 10.3 Å². The van der Waals surface area contributed by atoms with Crippen molar-refractivity contribution in [1.29, 1.82) is 0 Å². The van der Waals surface area contributed by atoms with Crippen LogP contribution in [-0.2, 0) is 0 Å². The molecule has 0 aliphatic heterocycles. The Morgan fingerprint density at radius 1 is 1.67 bits per heavy atom. The monoisotopic (exact) mass is 208 g/mol. The van der Waals surface area contributed by atoms with Crippen LogP contribution < -0.4 is 5.32 Å². The molecule has 3 nitrogen and oxygen atoms in total. The Balaban J connectivity index is 1.53. The summed E-state index contributed by atoms with van der Waals surface area (Å²) in [6.07, 6.45) is 5.09. The molecule has 0 saturated heterocycles. The number of nitrogens with one attached hydrogen (secondary N) is 2. The molecule has 15 heavy (non-hydrogen) atoms. The number of rotatable bonds is 3. The summed E-state index contributed by atoms with van der Waals surface area (Å²) in [5.74, 6) is 0.0631. The zero-order valence-electron chi connectivity index (χ0n) is 8.35. The van der Waals surface area contributed by atoms with E-state index in [1.54, 1.807) is 0 Å². The van der Waals surface area contributed by atoms with Crippen molar-refractivity contribution in [2.45, 2.75) is 19.3 Å². The molecular formula is C11H13FN2O. The van der Waals surface area contributed by atoms with Gasteiger partial charge >= 0.3 is 0 Å². The van der Waals surface area contributed by atoms with Crippen LogP contribution in [0.1, 0.15) is 29.8 Å². The minimum Gasteiger partial charge on any atom is -0.355 e. The molecule has 1 aromatic rings. The van der Waals surface area contributed by atoms with Crippen LogP contribution in [0, 0.1) is 17.2 Å². The lowest BCUT2D eigenvalue weighted by atomic mass is 10.3. The van der Waals surface area contributed by atoms with Crippen LogP contribution in [-0.4, -0.2) is 17.4 Å². The first-order chi connectivity index (χ1) is 7.20. The number of carbonyl (C=O) groups excluding carboxylic acids is 1. The van der Waals surface area contributed by atoms with E-state index in [0.717, 1.165) is 6.54 Å². The van der Waals surface area contributed by atoms with Gasteiger partial charge < -0.3 is 10.3 Å². The van der Waals surface area contributed by atoms with E-state index in [1.807, 2.05) is 0 Å². The Kier molecular flexibility index (Phi) is 1.69. The number of amides is 1. The number of hydrogen-bond acceptors (Lipinski definition) is 1. The highest BCUT2D eigenvalue weighted by molar-refractivity contribution is 5.92. The first-order valence-corrected chi connectivity index (χ1v) is 5.32. The summed E-state index contributed by atoms with van der Waals surface area (Å²) in [6.45, 7) is 0.736. The maximum Gasteiger partial charge on any atom is 0.267 e. The first-order valence-electron chi connectivity index (χ1n) is 5.32. The fraction of sp³-hybridized carbons (Fsp3) is 0.545. The maximum atomic E-state index is 12.6. The lowest BCUT2D eigenvalue weighted by Crippen LogP contribution is -2.26. The van der Waals surface area contributed by atoms with Gasteiger partial charge in [0.05, 0.1) is 0 Å². The largest absolute Gasteiger partial charge is 0.355 e. The van der Waals surface area contributed by atoms with E-state index in [9.17, 15) is 9.18 Å². The first kappa shape index (κ1) is 8.95. The molecule has 3 rings (SSSR count). The van der Waals surface area contributed by atoms with Gasteiger partial charge in [0.25, 0.3) is 5.91 Å². The van der Waals surface area contributed by atoms with E-state index in [1.165, 1.54) is 31.5 Å². The van der Waals surface area contributed by atoms with Gasteiger partial charge in [0.15, 0.2) is 0 Å². The Bertz CT molecular complexity index is 408. The van der Waals surface area contributed by atoms with Crippen LogP contribution in [0.5, 0.6) is 0 Å². The van der Waals surface area contributed by atoms with Gasteiger partial charge in [0.1, 0.15) is 11.5 Å². The van der Waals surface area contributed by atoms with Crippen molar-refractivity contribution in [3.8, 4) is 0 Å². The Morgan fingerprint density at radius 2 is 2.47 bits per heavy atom. The number of halogens is 1. The molecule has 1 spiro atoms. The number of H-pyrrole nitrogens is 1. The van der Waals surface area contributed by atoms with Crippen LogP contribution >= 0.6 is 0 Å². The van der Waals surface area contributed by atoms with Crippen LogP contribution in [0.2, 0.25) is 0 Å². The molecule has 0 bridgehead atoms. The zero-order chi connectivity index (χ0) is 10.5. The van der Waals surface area contributed by atoms with Crippen molar-refractivity contribution >= 4 is 5.91 Å². The summed E-state index contributed by atoms with van der Waals surface area (Å²) < 4.78 is 12.6. The molecule has 0 aromatic carbocycles. The van der Waals surface area contributed by atoms with Crippen molar-refractivity contribution in [2.24, 2.45) is 11.3 Å². The van der Waals surface area contributed by atoms with Crippen molar-refractivity contribution in [2.75, 3.05) is 6.54 Å². The Hall–Kier alpha value is -1.32. The number of carbonyl (C=O) groups is 1. The SMILES string of the molecule is O=C(NC[C@@H]1CC12CC2)c1cc(F)c[nH]1. The Morgan fingerprint density at radius 3 is 3.00 bits per heavy atom. The van der Waals surface area contributed by atoms with Crippen molar-refractivity contribution in [1.82, 2.24) is 10.3 Å². The minimum absolute atomic E-state index is 0.207. The van der Waals surface area contributed by atoms with Crippen molar-refractivity contribution < 1.29 is 9.18 Å². The van der Waals surface area contributed by atoms with Gasteiger partial charge in [-0.25, -0.2) is 4.39 Å². The molecule has 1 atom stereocenters. The highest BCUT2D eigenvalue weighted by Gasteiger charge is 2.62. The van der Waals surface area contributed by atoms with Crippen LogP contribution in [0.25, 0.3) is 0 Å². The highest BCUT2D eigenvalue weighted by Crippen LogP contribution is 2.70. The smallest absolute Gasteiger partial charge is 0.267 e. The van der Waals surface area contributed by atoms with Crippen molar-refractivity contribution in [3.05, 3.63) is 23.8 Å². The molecule has 0 radical (unpaired) electrons. The summed E-state index contributed by atoms with van der Waals surface area (Å²) in [4.78, 5) is 14.1. The predicted octanol–water partition coefficient (Wildman–Crippen LogP) is 1.68. The molecule has 2 N–H and O–H groups in total. The average Bonchev–Trinajstić information content (AvgIpc) is 3.10. The third-order valence-corrected chi connectivity index (χ3v) is 3.65. The molecular weight excluding hydrogens is 195 g/mol. The molecule has 0 unspecified atom stereocenters. The van der Waals surface area contributed by atoms with E-state index in [0.29, 0.717) is 17.0 Å². The van der Waals surface area contributed by atoms with Gasteiger partial charge in [-0.15, -0.1) is 0 Å². The zero-order valence-corrected chi connectivity index (χ0v) is 8.35. The Labute approximate surface area is 87.1 Å². The molecule has 2 aliphatic carbocycles. The summed E-state index contributed by atoms with van der Waals surface area (Å²) in [5.41, 5.74) is 0.909. The summed E-state index contributed by atoms with van der Waals surface area (Å²) in [5, 5.41) is 2.83. The predicted molar refractivity (Wildman–Crippen MR) is 52.9 cm³/mol. The van der Waals surface area contributed by atoms with Crippen LogP contribution in [0.15, 0.2) is 12.3 Å². The second kappa shape index (κ2) is 2.84. The third kappa shape index (κ3) is 1.54. The molecule has 80 valence electrons. The summed E-state index contributed by atoms with van der Waals surface area (Å²) >= 11 is 0. The topological polar surface area (TPSA) is 44.9 Å². The van der Waals surface area contributed by atoms with E-state index in [-0.39, 0.29) is 5.91 Å². The fourth-order valence-electron chi connectivity index (χ4n) is 2.30. The highest BCUT2D eigenvalue weighted by atomic mass is 19.1. The third-order valence-electron chi connectivity index (χ3n) is 3.65. The van der Waals surface area contributed by atoms with E-state index < -0.39 is 5.82 Å². The van der Waals surface area contributed by atoms with Gasteiger partial charge in [-0.05, 0) is 30.6 Å². The minimum atomic E-state index is -0.398. The number of aromatic amines is 1. The standard InChI is InChI=1S/C11H13FN2O/c12-8-3-9(13-6-8)10(15)14-5-7-4-11(7)1-2-11/h3,6-7,13H,1-2,4-5H2,(H,14,15)/t7-/m0/s1. The van der Waals surface area contributed by atoms with Crippen LogP contribution in [0.4, 0.5) is 4.39 Å². The lowest BCUT2D eigenvalue weighted by molar-refractivity contribution is 0.0946. The van der Waals surface area contributed by atoms with Gasteiger partial charge in [-0.2, -0.15) is 0 Å². The fourth-order valence-corrected chi connectivity index (χ4v) is 2.30. The van der Waals surface area contributed by atoms with E-state index in [4.69, 9.17) is 0 Å². The molecule has 1 amide bonds. The lowest BCUT2D eigenvalue weighted by Gasteiger charge is -2.01. The van der Waals surface area contributed by atoms with Gasteiger partial charge in [0, 0.05) is 18.8 Å². The molecule has 1 aromatic heterocycles. The average molecular weight is 208 g/mol. The molecule has 4 heteroatoms. The quantitative estimate of drug-likeness (QED) is 0.780.